The quantitative estimate of drug-likeness (QED) is 0.844. The maximum Gasteiger partial charge on any atom is 0.227 e. The molecular formula is C10H15ClN4OS. The van der Waals surface area contributed by atoms with Crippen LogP contribution >= 0.6 is 23.7 Å². The Morgan fingerprint density at radius 2 is 2.18 bits per heavy atom. The minimum atomic E-state index is 0. The van der Waals surface area contributed by atoms with Crippen LogP contribution in [0.15, 0.2) is 9.90 Å². The van der Waals surface area contributed by atoms with Crippen molar-refractivity contribution in [1.29, 1.82) is 0 Å². The van der Waals surface area contributed by atoms with Gasteiger partial charge in [-0.25, -0.2) is 4.98 Å². The van der Waals surface area contributed by atoms with Gasteiger partial charge in [0.2, 0.25) is 5.89 Å². The third-order valence-corrected chi connectivity index (χ3v) is 2.88. The summed E-state index contributed by atoms with van der Waals surface area (Å²) in [5, 5.41) is 10.2. The first-order valence-electron chi connectivity index (χ1n) is 5.15. The molecule has 94 valence electrons. The number of halogens is 1. The molecule has 0 fully saturated rings. The van der Waals surface area contributed by atoms with E-state index in [0.717, 1.165) is 30.2 Å². The molecule has 0 radical (unpaired) electrons. The van der Waals surface area contributed by atoms with Crippen LogP contribution in [-0.4, -0.2) is 21.7 Å². The van der Waals surface area contributed by atoms with E-state index in [0.29, 0.717) is 11.7 Å². The number of aryl methyl sites for hydroxylation is 2. The van der Waals surface area contributed by atoms with Crippen LogP contribution in [0.1, 0.15) is 22.4 Å². The highest BCUT2D eigenvalue weighted by atomic mass is 35.5. The van der Waals surface area contributed by atoms with Crippen LogP contribution in [0.25, 0.3) is 0 Å². The molecule has 2 aromatic rings. The lowest BCUT2D eigenvalue weighted by Crippen LogP contribution is -2.17. The van der Waals surface area contributed by atoms with Crippen LogP contribution in [0.5, 0.6) is 0 Å². The fraction of sp³-hybridized carbons (Fsp3) is 0.500. The lowest BCUT2D eigenvalue weighted by molar-refractivity contribution is 0.372. The number of aromatic nitrogens is 3. The van der Waals surface area contributed by atoms with Gasteiger partial charge >= 0.3 is 0 Å². The summed E-state index contributed by atoms with van der Waals surface area (Å²) in [7, 11) is 0. The third kappa shape index (κ3) is 4.41. The SMILES string of the molecule is Cc1noc(CCNCc2csc(C)n2)n1.Cl. The van der Waals surface area contributed by atoms with Crippen molar-refractivity contribution in [3.63, 3.8) is 0 Å². The molecule has 0 saturated heterocycles. The van der Waals surface area contributed by atoms with E-state index in [1.807, 2.05) is 13.8 Å². The van der Waals surface area contributed by atoms with Crippen LogP contribution in [0, 0.1) is 13.8 Å². The lowest BCUT2D eigenvalue weighted by atomic mass is 10.4. The van der Waals surface area contributed by atoms with E-state index in [1.165, 1.54) is 0 Å². The van der Waals surface area contributed by atoms with Gasteiger partial charge in [0, 0.05) is 24.9 Å². The fourth-order valence-corrected chi connectivity index (χ4v) is 1.96. The molecule has 0 unspecified atom stereocenters. The highest BCUT2D eigenvalue weighted by Crippen LogP contribution is 2.07. The molecular weight excluding hydrogens is 260 g/mol. The van der Waals surface area contributed by atoms with Crippen molar-refractivity contribution in [2.24, 2.45) is 0 Å². The van der Waals surface area contributed by atoms with Crippen LogP contribution in [0.2, 0.25) is 0 Å². The Morgan fingerprint density at radius 3 is 2.76 bits per heavy atom. The van der Waals surface area contributed by atoms with E-state index in [1.54, 1.807) is 11.3 Å². The van der Waals surface area contributed by atoms with Gasteiger partial charge in [-0.1, -0.05) is 5.16 Å². The van der Waals surface area contributed by atoms with Crippen molar-refractivity contribution >= 4 is 23.7 Å². The Bertz CT molecular complexity index is 414. The van der Waals surface area contributed by atoms with E-state index in [4.69, 9.17) is 4.52 Å². The number of thiazole rings is 1. The number of nitrogens with zero attached hydrogens (tertiary/aromatic N) is 3. The minimum absolute atomic E-state index is 0. The Kier molecular flexibility index (Phi) is 5.54. The van der Waals surface area contributed by atoms with Crippen molar-refractivity contribution < 1.29 is 4.52 Å². The van der Waals surface area contributed by atoms with Gasteiger partial charge in [0.1, 0.15) is 0 Å². The topological polar surface area (TPSA) is 63.8 Å². The summed E-state index contributed by atoms with van der Waals surface area (Å²) in [6, 6.07) is 0. The number of hydrogen-bond donors (Lipinski definition) is 1. The first-order chi connectivity index (χ1) is 7.74. The maximum absolute atomic E-state index is 5.01. The van der Waals surface area contributed by atoms with Gasteiger partial charge in [0.15, 0.2) is 5.82 Å². The Morgan fingerprint density at radius 1 is 1.35 bits per heavy atom. The van der Waals surface area contributed by atoms with Crippen LogP contribution in [-0.2, 0) is 13.0 Å². The van der Waals surface area contributed by atoms with Gasteiger partial charge in [-0.15, -0.1) is 23.7 Å². The van der Waals surface area contributed by atoms with E-state index in [-0.39, 0.29) is 12.4 Å². The first-order valence-corrected chi connectivity index (χ1v) is 6.03. The highest BCUT2D eigenvalue weighted by molar-refractivity contribution is 7.09. The molecule has 0 amide bonds. The largest absolute Gasteiger partial charge is 0.339 e. The Balaban J connectivity index is 0.00000144. The molecule has 2 aromatic heterocycles. The van der Waals surface area contributed by atoms with E-state index >= 15 is 0 Å². The van der Waals surface area contributed by atoms with Crippen LogP contribution < -0.4 is 5.32 Å². The average Bonchev–Trinajstić information content (AvgIpc) is 2.83. The number of hydrogen-bond acceptors (Lipinski definition) is 6. The predicted molar refractivity (Wildman–Crippen MR) is 68.5 cm³/mol. The Hall–Kier alpha value is -0.980. The molecule has 0 aliphatic heterocycles. The molecule has 0 saturated carbocycles. The number of nitrogens with one attached hydrogen (secondary N) is 1. The third-order valence-electron chi connectivity index (χ3n) is 2.06. The summed E-state index contributed by atoms with van der Waals surface area (Å²) in [4.78, 5) is 8.49. The van der Waals surface area contributed by atoms with E-state index in [9.17, 15) is 0 Å². The zero-order valence-electron chi connectivity index (χ0n) is 9.77. The molecule has 2 rings (SSSR count). The Labute approximate surface area is 110 Å². The van der Waals surface area contributed by atoms with Crippen molar-refractivity contribution in [3.8, 4) is 0 Å². The zero-order valence-corrected chi connectivity index (χ0v) is 11.4. The molecule has 0 atom stereocenters. The molecule has 1 N–H and O–H groups in total. The van der Waals surface area contributed by atoms with Crippen molar-refractivity contribution in [2.75, 3.05) is 6.54 Å². The summed E-state index contributed by atoms with van der Waals surface area (Å²) in [6.07, 6.45) is 0.754. The standard InChI is InChI=1S/C10H14N4OS.ClH/c1-7-12-10(15-14-7)3-4-11-5-9-6-16-8(2)13-9;/h6,11H,3-5H2,1-2H3;1H. The van der Waals surface area contributed by atoms with Crippen LogP contribution in [0.4, 0.5) is 0 Å². The number of rotatable bonds is 5. The molecule has 7 heteroatoms. The monoisotopic (exact) mass is 274 g/mol. The van der Waals surface area contributed by atoms with Crippen molar-refractivity contribution in [3.05, 3.63) is 27.8 Å². The second-order valence-electron chi connectivity index (χ2n) is 3.52. The fourth-order valence-electron chi connectivity index (χ4n) is 1.34. The molecule has 2 heterocycles. The average molecular weight is 275 g/mol. The van der Waals surface area contributed by atoms with Crippen molar-refractivity contribution in [1.82, 2.24) is 20.4 Å². The summed E-state index contributed by atoms with van der Waals surface area (Å²) in [5.41, 5.74) is 1.09. The molecule has 0 aliphatic carbocycles. The summed E-state index contributed by atoms with van der Waals surface area (Å²) in [6.45, 7) is 5.43. The normalized spacial score (nSPS) is 10.2. The van der Waals surface area contributed by atoms with Gasteiger partial charge in [-0.3, -0.25) is 0 Å². The first kappa shape index (κ1) is 14.1. The van der Waals surface area contributed by atoms with Gasteiger partial charge in [0.05, 0.1) is 10.7 Å². The molecule has 0 bridgehead atoms. The van der Waals surface area contributed by atoms with Gasteiger partial charge in [-0.05, 0) is 13.8 Å². The maximum atomic E-state index is 5.01. The second-order valence-corrected chi connectivity index (χ2v) is 4.58. The van der Waals surface area contributed by atoms with Gasteiger partial charge in [-0.2, -0.15) is 4.98 Å². The molecule has 5 nitrogen and oxygen atoms in total. The summed E-state index contributed by atoms with van der Waals surface area (Å²) in [5.74, 6) is 1.37. The molecule has 17 heavy (non-hydrogen) atoms. The summed E-state index contributed by atoms with van der Waals surface area (Å²) < 4.78 is 5.01. The van der Waals surface area contributed by atoms with E-state index in [2.05, 4.69) is 25.8 Å². The second kappa shape index (κ2) is 6.68. The molecule has 0 aromatic carbocycles. The smallest absolute Gasteiger partial charge is 0.227 e. The summed E-state index contributed by atoms with van der Waals surface area (Å²) >= 11 is 1.67. The molecule has 0 spiro atoms. The minimum Gasteiger partial charge on any atom is -0.339 e. The molecule has 0 aliphatic rings. The highest BCUT2D eigenvalue weighted by Gasteiger charge is 2.02. The van der Waals surface area contributed by atoms with Crippen LogP contribution in [0.3, 0.4) is 0 Å². The lowest BCUT2D eigenvalue weighted by Gasteiger charge is -1.98. The van der Waals surface area contributed by atoms with Gasteiger partial charge in [0.25, 0.3) is 0 Å². The predicted octanol–water partition coefficient (Wildman–Crippen LogP) is 1.90. The van der Waals surface area contributed by atoms with Gasteiger partial charge < -0.3 is 9.84 Å². The van der Waals surface area contributed by atoms with Crippen molar-refractivity contribution in [2.45, 2.75) is 26.8 Å². The zero-order chi connectivity index (χ0) is 11.4. The van der Waals surface area contributed by atoms with E-state index < -0.39 is 0 Å².